The maximum atomic E-state index is 12.5. The highest BCUT2D eigenvalue weighted by molar-refractivity contribution is 5.70. The van der Waals surface area contributed by atoms with Crippen LogP contribution in [-0.4, -0.2) is 103 Å². The maximum absolute atomic E-state index is 12.5. The number of piperidine rings is 1. The molecule has 3 heterocycles. The Bertz CT molecular complexity index is 1070. The normalized spacial score (nSPS) is 21.2. The number of carbonyl (C=O) groups is 2. The van der Waals surface area contributed by atoms with Crippen molar-refractivity contribution in [3.8, 4) is 0 Å². The molecule has 8 nitrogen and oxygen atoms in total. The summed E-state index contributed by atoms with van der Waals surface area (Å²) in [4.78, 5) is 33.8. The van der Waals surface area contributed by atoms with E-state index in [0.717, 1.165) is 70.3 Å². The lowest BCUT2D eigenvalue weighted by molar-refractivity contribution is -0.145. The van der Waals surface area contributed by atoms with Crippen LogP contribution >= 0.6 is 0 Å². The van der Waals surface area contributed by atoms with E-state index in [1.54, 1.807) is 0 Å². The Morgan fingerprint density at radius 1 is 0.805 bits per heavy atom. The molecule has 8 heteroatoms. The van der Waals surface area contributed by atoms with Crippen molar-refractivity contribution in [1.29, 1.82) is 0 Å². The molecule has 3 aliphatic rings. The van der Waals surface area contributed by atoms with E-state index >= 15 is 0 Å². The number of benzene rings is 2. The van der Waals surface area contributed by atoms with Gasteiger partial charge in [-0.2, -0.15) is 0 Å². The molecule has 2 aromatic carbocycles. The molecule has 2 aromatic rings. The average molecular weight is 563 g/mol. The minimum Gasteiger partial charge on any atom is -0.461 e. The number of amides is 1. The van der Waals surface area contributed by atoms with E-state index in [0.29, 0.717) is 19.6 Å². The smallest absolute Gasteiger partial charge is 0.410 e. The predicted molar refractivity (Wildman–Crippen MR) is 159 cm³/mol. The molecule has 5 rings (SSSR count). The monoisotopic (exact) mass is 562 g/mol. The molecule has 3 aliphatic heterocycles. The molecular weight excluding hydrogens is 516 g/mol. The molecule has 0 spiro atoms. The largest absolute Gasteiger partial charge is 0.461 e. The van der Waals surface area contributed by atoms with Gasteiger partial charge >= 0.3 is 12.1 Å². The standard InChI is InChI=1S/C33H46N4O4/c38-32(40-27-30-10-5-2-6-11-30)15-19-34-20-22-36(23-21-34)25-31-26-37(33(39)41-31)16-7-12-28-13-17-35(18-14-28)24-29-8-3-1-4-9-29/h1-6,8-11,28,31H,7,12-27H2. The minimum atomic E-state index is -0.152. The van der Waals surface area contributed by atoms with Crippen LogP contribution < -0.4 is 0 Å². The molecule has 1 unspecified atom stereocenters. The molecule has 0 aliphatic carbocycles. The Labute approximate surface area is 245 Å². The fourth-order valence-corrected chi connectivity index (χ4v) is 6.24. The number of esters is 1. The van der Waals surface area contributed by atoms with E-state index in [1.807, 2.05) is 35.2 Å². The van der Waals surface area contributed by atoms with Crippen molar-refractivity contribution >= 4 is 12.1 Å². The van der Waals surface area contributed by atoms with Gasteiger partial charge in [0.1, 0.15) is 12.7 Å². The number of hydrogen-bond acceptors (Lipinski definition) is 7. The van der Waals surface area contributed by atoms with Crippen LogP contribution in [0.5, 0.6) is 0 Å². The van der Waals surface area contributed by atoms with Crippen molar-refractivity contribution in [1.82, 2.24) is 19.6 Å². The van der Waals surface area contributed by atoms with Crippen LogP contribution in [0.3, 0.4) is 0 Å². The van der Waals surface area contributed by atoms with Gasteiger partial charge in [0.25, 0.3) is 0 Å². The second-order valence-corrected chi connectivity index (χ2v) is 11.8. The van der Waals surface area contributed by atoms with E-state index in [4.69, 9.17) is 9.47 Å². The second kappa shape index (κ2) is 15.3. The van der Waals surface area contributed by atoms with E-state index in [1.165, 1.54) is 37.9 Å². The zero-order chi connectivity index (χ0) is 28.3. The average Bonchev–Trinajstić information content (AvgIpc) is 3.36. The molecule has 0 radical (unpaired) electrons. The summed E-state index contributed by atoms with van der Waals surface area (Å²) >= 11 is 0. The highest BCUT2D eigenvalue weighted by atomic mass is 16.6. The van der Waals surface area contributed by atoms with Crippen LogP contribution in [0.2, 0.25) is 0 Å². The van der Waals surface area contributed by atoms with Gasteiger partial charge in [-0.3, -0.25) is 14.6 Å². The Hall–Kier alpha value is -2.94. The van der Waals surface area contributed by atoms with E-state index in [9.17, 15) is 9.59 Å². The van der Waals surface area contributed by atoms with E-state index in [-0.39, 0.29) is 18.2 Å². The highest BCUT2D eigenvalue weighted by Gasteiger charge is 2.33. The summed E-state index contributed by atoms with van der Waals surface area (Å²) in [7, 11) is 0. The highest BCUT2D eigenvalue weighted by Crippen LogP contribution is 2.24. The van der Waals surface area contributed by atoms with Crippen molar-refractivity contribution in [2.24, 2.45) is 5.92 Å². The van der Waals surface area contributed by atoms with Crippen molar-refractivity contribution in [3.05, 3.63) is 71.8 Å². The lowest BCUT2D eigenvalue weighted by Gasteiger charge is -2.35. The Balaban J connectivity index is 0.908. The van der Waals surface area contributed by atoms with Gasteiger partial charge < -0.3 is 19.3 Å². The summed E-state index contributed by atoms with van der Waals surface area (Å²) in [5.74, 6) is 0.612. The zero-order valence-corrected chi connectivity index (χ0v) is 24.4. The molecule has 0 saturated carbocycles. The van der Waals surface area contributed by atoms with Crippen LogP contribution in [0.4, 0.5) is 4.79 Å². The second-order valence-electron chi connectivity index (χ2n) is 11.8. The molecule has 1 amide bonds. The molecule has 0 N–H and O–H groups in total. The number of nitrogens with zero attached hydrogens (tertiary/aromatic N) is 4. The number of ether oxygens (including phenoxy) is 2. The number of piperazine rings is 1. The fraction of sp³-hybridized carbons (Fsp3) is 0.576. The summed E-state index contributed by atoms with van der Waals surface area (Å²) < 4.78 is 11.1. The summed E-state index contributed by atoms with van der Waals surface area (Å²) in [6.45, 7) is 10.4. The number of rotatable bonds is 13. The Kier molecular flexibility index (Phi) is 11.1. The van der Waals surface area contributed by atoms with Crippen LogP contribution in [0.1, 0.15) is 43.2 Å². The zero-order valence-electron chi connectivity index (χ0n) is 24.4. The number of carbonyl (C=O) groups excluding carboxylic acids is 2. The molecular formula is C33H46N4O4. The van der Waals surface area contributed by atoms with Crippen molar-refractivity contribution in [2.75, 3.05) is 65.4 Å². The van der Waals surface area contributed by atoms with Crippen LogP contribution in [0.25, 0.3) is 0 Å². The van der Waals surface area contributed by atoms with Gasteiger partial charge in [0, 0.05) is 52.4 Å². The predicted octanol–water partition coefficient (Wildman–Crippen LogP) is 4.25. The first-order valence-electron chi connectivity index (χ1n) is 15.5. The third-order valence-electron chi connectivity index (χ3n) is 8.75. The Morgan fingerprint density at radius 3 is 2.17 bits per heavy atom. The summed E-state index contributed by atoms with van der Waals surface area (Å²) in [6.07, 6.45) is 4.95. The van der Waals surface area contributed by atoms with Crippen LogP contribution in [0.15, 0.2) is 60.7 Å². The summed E-state index contributed by atoms with van der Waals surface area (Å²) in [5.41, 5.74) is 2.41. The number of hydrogen-bond donors (Lipinski definition) is 0. The van der Waals surface area contributed by atoms with Gasteiger partial charge in [0.2, 0.25) is 0 Å². The van der Waals surface area contributed by atoms with Gasteiger partial charge in [0.15, 0.2) is 0 Å². The molecule has 0 aromatic heterocycles. The van der Waals surface area contributed by atoms with E-state index in [2.05, 4.69) is 45.0 Å². The molecule has 0 bridgehead atoms. The minimum absolute atomic E-state index is 0.0526. The molecule has 3 saturated heterocycles. The van der Waals surface area contributed by atoms with Crippen molar-refractivity contribution in [2.45, 2.75) is 51.4 Å². The summed E-state index contributed by atoms with van der Waals surface area (Å²) in [5, 5.41) is 0. The van der Waals surface area contributed by atoms with Crippen LogP contribution in [-0.2, 0) is 27.4 Å². The number of likely N-dealkylation sites (tertiary alicyclic amines) is 1. The van der Waals surface area contributed by atoms with Gasteiger partial charge in [-0.15, -0.1) is 0 Å². The molecule has 222 valence electrons. The van der Waals surface area contributed by atoms with E-state index < -0.39 is 0 Å². The van der Waals surface area contributed by atoms with Crippen LogP contribution in [0, 0.1) is 5.92 Å². The van der Waals surface area contributed by atoms with Crippen molar-refractivity contribution < 1.29 is 19.1 Å². The first kappa shape index (κ1) is 29.5. The Morgan fingerprint density at radius 2 is 1.46 bits per heavy atom. The third-order valence-corrected chi connectivity index (χ3v) is 8.75. The first-order valence-corrected chi connectivity index (χ1v) is 15.5. The van der Waals surface area contributed by atoms with Gasteiger partial charge in [-0.1, -0.05) is 60.7 Å². The lowest BCUT2D eigenvalue weighted by atomic mass is 9.92. The molecule has 41 heavy (non-hydrogen) atoms. The maximum Gasteiger partial charge on any atom is 0.410 e. The van der Waals surface area contributed by atoms with Gasteiger partial charge in [-0.25, -0.2) is 4.79 Å². The fourth-order valence-electron chi connectivity index (χ4n) is 6.24. The molecule has 3 fully saturated rings. The van der Waals surface area contributed by atoms with Gasteiger partial charge in [0.05, 0.1) is 13.0 Å². The SMILES string of the molecule is O=C(CCN1CCN(CC2CN(CCCC3CCN(Cc4ccccc4)CC3)C(=O)O2)CC1)OCc1ccccc1. The quantitative estimate of drug-likeness (QED) is 0.338. The van der Waals surface area contributed by atoms with Gasteiger partial charge in [-0.05, 0) is 55.8 Å². The summed E-state index contributed by atoms with van der Waals surface area (Å²) in [6, 6.07) is 20.5. The lowest BCUT2D eigenvalue weighted by Crippen LogP contribution is -2.49. The third kappa shape index (κ3) is 9.55. The topological polar surface area (TPSA) is 65.6 Å². The number of cyclic esters (lactones) is 1. The van der Waals surface area contributed by atoms with Crippen molar-refractivity contribution in [3.63, 3.8) is 0 Å². The first-order chi connectivity index (χ1) is 20.1. The molecule has 1 atom stereocenters.